The number of benzene rings is 1. The van der Waals surface area contributed by atoms with Crippen molar-refractivity contribution in [1.29, 1.82) is 0 Å². The smallest absolute Gasteiger partial charge is 0.195 e. The molecule has 1 N–H and O–H groups in total. The summed E-state index contributed by atoms with van der Waals surface area (Å²) in [5.41, 5.74) is 0.961. The summed E-state index contributed by atoms with van der Waals surface area (Å²) in [6.45, 7) is 1.96. The molecule has 0 aliphatic carbocycles. The molecule has 7 nitrogen and oxygen atoms in total. The minimum absolute atomic E-state index is 0. The second-order valence-electron chi connectivity index (χ2n) is 5.68. The Hall–Kier alpha value is -2.33. The predicted octanol–water partition coefficient (Wildman–Crippen LogP) is 5.51. The molecule has 0 aliphatic heterocycles. The Labute approximate surface area is 188 Å². The summed E-state index contributed by atoms with van der Waals surface area (Å²) in [5, 5.41) is 14.8. The van der Waals surface area contributed by atoms with Crippen molar-refractivity contribution in [2.75, 3.05) is 5.32 Å². The highest BCUT2D eigenvalue weighted by atomic mass is 35.5. The average Bonchev–Trinajstić information content (AvgIpc) is 3.26. The molecule has 0 atom stereocenters. The van der Waals surface area contributed by atoms with Gasteiger partial charge in [-0.05, 0) is 30.8 Å². The van der Waals surface area contributed by atoms with Crippen LogP contribution >= 0.6 is 47.9 Å². The van der Waals surface area contributed by atoms with Gasteiger partial charge >= 0.3 is 0 Å². The third-order valence-electron chi connectivity index (χ3n) is 3.52. The molecule has 1 aromatic carbocycles. The zero-order chi connectivity index (χ0) is 18.6. The molecule has 0 unspecified atom stereocenters. The molecule has 0 radical (unpaired) electrons. The molecule has 0 saturated carbocycles. The topological polar surface area (TPSA) is 77.8 Å². The van der Waals surface area contributed by atoms with Crippen molar-refractivity contribution in [2.24, 2.45) is 7.05 Å². The first-order chi connectivity index (χ1) is 13.2. The lowest BCUT2D eigenvalue weighted by Crippen LogP contribution is -1.98. The van der Waals surface area contributed by atoms with Crippen LogP contribution in [0.15, 0.2) is 64.4 Å². The highest BCUT2D eigenvalue weighted by molar-refractivity contribution is 7.99. The zero-order valence-corrected chi connectivity index (χ0v) is 18.7. The molecule has 0 spiro atoms. The highest BCUT2D eigenvalue weighted by Crippen LogP contribution is 2.35. The van der Waals surface area contributed by atoms with E-state index in [1.54, 1.807) is 12.5 Å². The second kappa shape index (κ2) is 10.4. The number of aryl methyl sites for hydroxylation is 2. The number of rotatable bonds is 6. The van der Waals surface area contributed by atoms with Crippen molar-refractivity contribution in [3.05, 3.63) is 60.0 Å². The van der Waals surface area contributed by atoms with Crippen LogP contribution in [0.2, 0.25) is 0 Å². The molecule has 0 amide bonds. The van der Waals surface area contributed by atoms with Crippen LogP contribution in [0.1, 0.15) is 5.69 Å². The van der Waals surface area contributed by atoms with Gasteiger partial charge in [-0.25, -0.2) is 9.97 Å². The molecule has 3 aromatic heterocycles. The third kappa shape index (κ3) is 5.83. The Morgan fingerprint density at radius 1 is 1.17 bits per heavy atom. The van der Waals surface area contributed by atoms with Crippen LogP contribution in [0.4, 0.5) is 10.9 Å². The van der Waals surface area contributed by atoms with E-state index in [0.717, 1.165) is 26.6 Å². The Morgan fingerprint density at radius 2 is 1.97 bits per heavy atom. The lowest BCUT2D eigenvalue weighted by Gasteiger charge is -2.12. The summed E-state index contributed by atoms with van der Waals surface area (Å²) < 4.78 is 7.93. The number of anilines is 2. The van der Waals surface area contributed by atoms with Crippen LogP contribution in [0.25, 0.3) is 0 Å². The number of hydrogen-bond donors (Lipinski definition) is 1. The Kier molecular flexibility index (Phi) is 8.27. The molecule has 0 fully saturated rings. The summed E-state index contributed by atoms with van der Waals surface area (Å²) in [7, 11) is 1.90. The van der Waals surface area contributed by atoms with Gasteiger partial charge in [0, 0.05) is 29.6 Å². The van der Waals surface area contributed by atoms with Crippen LogP contribution in [-0.4, -0.2) is 24.7 Å². The monoisotopic (exact) mass is 468 g/mol. The number of pyridine rings is 1. The number of halogens is 2. The number of hydrogen-bond acceptors (Lipinski definition) is 8. The van der Waals surface area contributed by atoms with Crippen molar-refractivity contribution < 1.29 is 4.74 Å². The first-order valence-electron chi connectivity index (χ1n) is 8.11. The number of ether oxygens (including phenoxy) is 1. The van der Waals surface area contributed by atoms with Crippen molar-refractivity contribution >= 4 is 58.9 Å². The fourth-order valence-electron chi connectivity index (χ4n) is 2.25. The van der Waals surface area contributed by atoms with Gasteiger partial charge in [-0.3, -0.25) is 0 Å². The summed E-state index contributed by atoms with van der Waals surface area (Å²) in [4.78, 5) is 9.88. The second-order valence-corrected chi connectivity index (χ2v) is 7.58. The van der Waals surface area contributed by atoms with Gasteiger partial charge in [0.25, 0.3) is 0 Å². The van der Waals surface area contributed by atoms with E-state index in [1.807, 2.05) is 60.3 Å². The largest absolute Gasteiger partial charge is 0.453 e. The Balaban J connectivity index is 0.00000150. The SMILES string of the molecule is Cc1csc(Nc2ncc(Sc3nncn3C)cc2Oc2ccccc2)n1.Cl.Cl. The molecule has 152 valence electrons. The summed E-state index contributed by atoms with van der Waals surface area (Å²) in [6, 6.07) is 11.5. The summed E-state index contributed by atoms with van der Waals surface area (Å²) in [5.74, 6) is 1.95. The van der Waals surface area contributed by atoms with Crippen molar-refractivity contribution in [3.8, 4) is 11.5 Å². The molecule has 11 heteroatoms. The van der Waals surface area contributed by atoms with Crippen LogP contribution in [0, 0.1) is 6.92 Å². The number of nitrogens with one attached hydrogen (secondary N) is 1. The fourth-order valence-corrected chi connectivity index (χ4v) is 3.70. The standard InChI is InChI=1S/C18H16N6OS2.2ClH/c1-12-10-26-17(21-12)22-16-15(25-13-6-4-3-5-7-13)8-14(9-19-16)27-18-23-20-11-24(18)2;;/h3-11H,1-2H3,(H,19,21,22);2*1H. The van der Waals surface area contributed by atoms with Crippen LogP contribution in [-0.2, 0) is 7.05 Å². The van der Waals surface area contributed by atoms with E-state index >= 15 is 0 Å². The van der Waals surface area contributed by atoms with Gasteiger partial charge in [-0.15, -0.1) is 46.3 Å². The quantitative estimate of drug-likeness (QED) is 0.399. The minimum Gasteiger partial charge on any atom is -0.453 e. The fraction of sp³-hybridized carbons (Fsp3) is 0.111. The van der Waals surface area contributed by atoms with E-state index in [4.69, 9.17) is 4.74 Å². The number of thiazole rings is 1. The van der Waals surface area contributed by atoms with Crippen molar-refractivity contribution in [3.63, 3.8) is 0 Å². The summed E-state index contributed by atoms with van der Waals surface area (Å²) in [6.07, 6.45) is 3.44. The van der Waals surface area contributed by atoms with Crippen molar-refractivity contribution in [1.82, 2.24) is 24.7 Å². The van der Waals surface area contributed by atoms with Crippen LogP contribution in [0.5, 0.6) is 11.5 Å². The third-order valence-corrected chi connectivity index (χ3v) is 5.41. The van der Waals surface area contributed by atoms with E-state index in [1.165, 1.54) is 23.1 Å². The molecular formula is C18H18Cl2N6OS2. The Bertz CT molecular complexity index is 1060. The molecule has 0 saturated heterocycles. The molecule has 0 bridgehead atoms. The van der Waals surface area contributed by atoms with Crippen LogP contribution in [0.3, 0.4) is 0 Å². The maximum absolute atomic E-state index is 6.07. The summed E-state index contributed by atoms with van der Waals surface area (Å²) >= 11 is 3.00. The van der Waals surface area contributed by atoms with Gasteiger partial charge in [-0.1, -0.05) is 18.2 Å². The minimum atomic E-state index is 0. The first kappa shape index (κ1) is 23.0. The van der Waals surface area contributed by atoms with Gasteiger partial charge in [-0.2, -0.15) is 0 Å². The molecule has 4 rings (SSSR count). The number of para-hydroxylation sites is 1. The average molecular weight is 469 g/mol. The molecular weight excluding hydrogens is 451 g/mol. The maximum Gasteiger partial charge on any atom is 0.195 e. The Morgan fingerprint density at radius 3 is 2.62 bits per heavy atom. The van der Waals surface area contributed by atoms with Gasteiger partial charge in [0.1, 0.15) is 12.1 Å². The van der Waals surface area contributed by atoms with Gasteiger partial charge in [0.15, 0.2) is 21.9 Å². The molecule has 4 aromatic rings. The van der Waals surface area contributed by atoms with E-state index in [9.17, 15) is 0 Å². The molecule has 3 heterocycles. The normalized spacial score (nSPS) is 10.0. The lowest BCUT2D eigenvalue weighted by molar-refractivity contribution is 0.481. The number of nitrogens with zero attached hydrogens (tertiary/aromatic N) is 5. The predicted molar refractivity (Wildman–Crippen MR) is 121 cm³/mol. The van der Waals surface area contributed by atoms with Gasteiger partial charge in [0.2, 0.25) is 0 Å². The van der Waals surface area contributed by atoms with Crippen molar-refractivity contribution in [2.45, 2.75) is 17.0 Å². The van der Waals surface area contributed by atoms with Crippen LogP contribution < -0.4 is 10.1 Å². The lowest BCUT2D eigenvalue weighted by atomic mass is 10.3. The van der Waals surface area contributed by atoms with Gasteiger partial charge in [0.05, 0.1) is 5.69 Å². The first-order valence-corrected chi connectivity index (χ1v) is 9.81. The zero-order valence-electron chi connectivity index (χ0n) is 15.5. The molecule has 0 aliphatic rings. The van der Waals surface area contributed by atoms with E-state index in [0.29, 0.717) is 11.6 Å². The maximum atomic E-state index is 6.07. The highest BCUT2D eigenvalue weighted by Gasteiger charge is 2.13. The molecule has 29 heavy (non-hydrogen) atoms. The van der Waals surface area contributed by atoms with E-state index in [2.05, 4.69) is 25.5 Å². The van der Waals surface area contributed by atoms with E-state index in [-0.39, 0.29) is 24.8 Å². The van der Waals surface area contributed by atoms with E-state index < -0.39 is 0 Å². The number of aromatic nitrogens is 5. The van der Waals surface area contributed by atoms with Gasteiger partial charge < -0.3 is 14.6 Å².